The number of likely N-dealkylation sites (tertiary alicyclic amines) is 1. The van der Waals surface area contributed by atoms with Crippen LogP contribution in [0.5, 0.6) is 0 Å². The highest BCUT2D eigenvalue weighted by Gasteiger charge is 2.30. The van der Waals surface area contributed by atoms with E-state index in [4.69, 9.17) is 0 Å². The molecule has 1 fully saturated rings. The lowest BCUT2D eigenvalue weighted by Gasteiger charge is -2.40. The van der Waals surface area contributed by atoms with Gasteiger partial charge in [0.25, 0.3) is 0 Å². The first-order valence-electron chi connectivity index (χ1n) is 7.76. The van der Waals surface area contributed by atoms with Gasteiger partial charge in [0.1, 0.15) is 0 Å². The minimum Gasteiger partial charge on any atom is -0.345 e. The molecule has 4 heteroatoms. The van der Waals surface area contributed by atoms with E-state index in [1.807, 2.05) is 13.8 Å². The van der Waals surface area contributed by atoms with E-state index < -0.39 is 0 Å². The lowest BCUT2D eigenvalue weighted by atomic mass is 9.86. The minimum atomic E-state index is -0.363. The first kappa shape index (κ1) is 17.2. The molecule has 1 aliphatic rings. The molecule has 0 aromatic carbocycles. The maximum Gasteiger partial charge on any atom is 0.234 e. The van der Waals surface area contributed by atoms with Gasteiger partial charge in [-0.15, -0.1) is 0 Å². The lowest BCUT2D eigenvalue weighted by molar-refractivity contribution is -0.129. The third kappa shape index (κ3) is 4.58. The van der Waals surface area contributed by atoms with E-state index >= 15 is 0 Å². The highest BCUT2D eigenvalue weighted by molar-refractivity contribution is 5.88. The largest absolute Gasteiger partial charge is 0.345 e. The molecular formula is C16H30N2O2. The molecule has 0 aromatic heterocycles. The van der Waals surface area contributed by atoms with Gasteiger partial charge in [0.15, 0.2) is 5.78 Å². The second kappa shape index (κ2) is 7.21. The Labute approximate surface area is 123 Å². The van der Waals surface area contributed by atoms with Gasteiger partial charge in [0, 0.05) is 12.6 Å². The number of nitrogens with one attached hydrogen (secondary N) is 1. The van der Waals surface area contributed by atoms with Crippen LogP contribution in [0.2, 0.25) is 0 Å². The van der Waals surface area contributed by atoms with Gasteiger partial charge in [-0.1, -0.05) is 27.7 Å². The molecule has 4 nitrogen and oxygen atoms in total. The molecule has 1 heterocycles. The summed E-state index contributed by atoms with van der Waals surface area (Å²) in [6, 6.07) is 0.0595. The number of hydrogen-bond acceptors (Lipinski definition) is 3. The van der Waals surface area contributed by atoms with Crippen LogP contribution < -0.4 is 5.32 Å². The molecule has 0 aliphatic carbocycles. The molecule has 4 atom stereocenters. The van der Waals surface area contributed by atoms with E-state index in [1.165, 1.54) is 6.42 Å². The summed E-state index contributed by atoms with van der Waals surface area (Å²) in [5.74, 6) is 1.37. The van der Waals surface area contributed by atoms with Crippen molar-refractivity contribution in [2.24, 2.45) is 17.8 Å². The number of piperidine rings is 1. The van der Waals surface area contributed by atoms with Crippen molar-refractivity contribution >= 4 is 11.7 Å². The number of amides is 1. The zero-order valence-electron chi connectivity index (χ0n) is 13.8. The summed E-state index contributed by atoms with van der Waals surface area (Å²) in [6.45, 7) is 13.5. The summed E-state index contributed by atoms with van der Waals surface area (Å²) in [5, 5.41) is 2.88. The topological polar surface area (TPSA) is 49.4 Å². The summed E-state index contributed by atoms with van der Waals surface area (Å²) in [4.78, 5) is 26.0. The van der Waals surface area contributed by atoms with Crippen molar-refractivity contribution in [2.45, 2.75) is 60.0 Å². The van der Waals surface area contributed by atoms with Gasteiger partial charge in [0.2, 0.25) is 5.91 Å². The lowest BCUT2D eigenvalue weighted by Crippen LogP contribution is -2.52. The van der Waals surface area contributed by atoms with Gasteiger partial charge in [0.05, 0.1) is 12.6 Å². The fourth-order valence-corrected chi connectivity index (χ4v) is 3.18. The molecule has 1 aliphatic heterocycles. The Kier molecular flexibility index (Phi) is 6.18. The highest BCUT2D eigenvalue weighted by atomic mass is 16.2. The molecule has 1 saturated heterocycles. The third-order valence-electron chi connectivity index (χ3n) is 4.49. The molecule has 0 radical (unpaired) electrons. The Morgan fingerprint density at radius 2 is 1.85 bits per heavy atom. The minimum absolute atomic E-state index is 0.0294. The van der Waals surface area contributed by atoms with Crippen molar-refractivity contribution < 1.29 is 9.59 Å². The van der Waals surface area contributed by atoms with Crippen molar-refractivity contribution in [3.05, 3.63) is 0 Å². The zero-order valence-corrected chi connectivity index (χ0v) is 13.8. The molecule has 116 valence electrons. The zero-order chi connectivity index (χ0) is 15.4. The fraction of sp³-hybridized carbons (Fsp3) is 0.875. The second-order valence-corrected chi connectivity index (χ2v) is 6.89. The van der Waals surface area contributed by atoms with Crippen LogP contribution in [-0.4, -0.2) is 41.8 Å². The standard InChI is InChI=1S/C16H30N2O2/c1-10(2)16(14(6)19)17-15(20)9-18-8-11(3)7-12(4)13(18)5/h10-13,16H,7-9H2,1-6H3,(H,17,20). The van der Waals surface area contributed by atoms with Crippen molar-refractivity contribution in [3.8, 4) is 0 Å². The second-order valence-electron chi connectivity index (χ2n) is 6.89. The fourth-order valence-electron chi connectivity index (χ4n) is 3.18. The Bertz CT molecular complexity index is 354. The molecule has 4 unspecified atom stereocenters. The average Bonchev–Trinajstić information content (AvgIpc) is 2.31. The SMILES string of the molecule is CC(=O)C(NC(=O)CN1CC(C)CC(C)C1C)C(C)C. The van der Waals surface area contributed by atoms with Crippen molar-refractivity contribution in [2.75, 3.05) is 13.1 Å². The van der Waals surface area contributed by atoms with Gasteiger partial charge in [-0.3, -0.25) is 14.5 Å². The van der Waals surface area contributed by atoms with Crippen molar-refractivity contribution in [3.63, 3.8) is 0 Å². The Morgan fingerprint density at radius 1 is 1.25 bits per heavy atom. The predicted octanol–water partition coefficient (Wildman–Crippen LogP) is 2.08. The molecule has 1 amide bonds. The van der Waals surface area contributed by atoms with Gasteiger partial charge < -0.3 is 5.32 Å². The number of Topliss-reactive ketones (excluding diaryl/α,β-unsaturated/α-hetero) is 1. The molecule has 1 rings (SSSR count). The molecule has 1 N–H and O–H groups in total. The first-order valence-corrected chi connectivity index (χ1v) is 7.76. The van der Waals surface area contributed by atoms with E-state index in [0.717, 1.165) is 6.54 Å². The number of ketones is 1. The molecule has 0 bridgehead atoms. The Balaban J connectivity index is 2.58. The van der Waals surface area contributed by atoms with Crippen LogP contribution in [0.1, 0.15) is 48.0 Å². The van der Waals surface area contributed by atoms with Crippen molar-refractivity contribution in [1.82, 2.24) is 10.2 Å². The van der Waals surface area contributed by atoms with E-state index in [0.29, 0.717) is 24.4 Å². The van der Waals surface area contributed by atoms with Crippen LogP contribution in [0.15, 0.2) is 0 Å². The van der Waals surface area contributed by atoms with Crippen molar-refractivity contribution in [1.29, 1.82) is 0 Å². The summed E-state index contributed by atoms with van der Waals surface area (Å²) in [5.41, 5.74) is 0. The maximum atomic E-state index is 12.2. The van der Waals surface area contributed by atoms with E-state index in [1.54, 1.807) is 6.92 Å². The van der Waals surface area contributed by atoms with Gasteiger partial charge >= 0.3 is 0 Å². The Hall–Kier alpha value is -0.900. The van der Waals surface area contributed by atoms with Crippen LogP contribution in [0, 0.1) is 17.8 Å². The molecule has 20 heavy (non-hydrogen) atoms. The third-order valence-corrected chi connectivity index (χ3v) is 4.49. The van der Waals surface area contributed by atoms with Gasteiger partial charge in [-0.2, -0.15) is 0 Å². The quantitative estimate of drug-likeness (QED) is 0.840. The van der Waals surface area contributed by atoms with Crippen LogP contribution in [0.3, 0.4) is 0 Å². The number of hydrogen-bond donors (Lipinski definition) is 1. The maximum absolute atomic E-state index is 12.2. The predicted molar refractivity (Wildman–Crippen MR) is 81.4 cm³/mol. The number of nitrogens with zero attached hydrogens (tertiary/aromatic N) is 1. The average molecular weight is 282 g/mol. The molecule has 0 saturated carbocycles. The number of carbonyl (C=O) groups is 2. The Morgan fingerprint density at radius 3 is 2.35 bits per heavy atom. The molecule has 0 spiro atoms. The number of carbonyl (C=O) groups excluding carboxylic acids is 2. The van der Waals surface area contributed by atoms with E-state index in [9.17, 15) is 9.59 Å². The van der Waals surface area contributed by atoms with Crippen LogP contribution in [-0.2, 0) is 9.59 Å². The smallest absolute Gasteiger partial charge is 0.234 e. The van der Waals surface area contributed by atoms with Crippen LogP contribution in [0.25, 0.3) is 0 Å². The van der Waals surface area contributed by atoms with Gasteiger partial charge in [-0.05, 0) is 38.0 Å². The molecular weight excluding hydrogens is 252 g/mol. The monoisotopic (exact) mass is 282 g/mol. The van der Waals surface area contributed by atoms with E-state index in [-0.39, 0.29) is 23.7 Å². The first-order chi connectivity index (χ1) is 9.22. The van der Waals surface area contributed by atoms with Crippen LogP contribution in [0.4, 0.5) is 0 Å². The van der Waals surface area contributed by atoms with E-state index in [2.05, 4.69) is 31.0 Å². The summed E-state index contributed by atoms with van der Waals surface area (Å²) < 4.78 is 0. The summed E-state index contributed by atoms with van der Waals surface area (Å²) >= 11 is 0. The normalized spacial score (nSPS) is 29.2. The highest BCUT2D eigenvalue weighted by Crippen LogP contribution is 2.26. The summed E-state index contributed by atoms with van der Waals surface area (Å²) in [6.07, 6.45) is 1.22. The number of rotatable bonds is 5. The molecule has 0 aromatic rings. The van der Waals surface area contributed by atoms with Crippen LogP contribution >= 0.6 is 0 Å². The van der Waals surface area contributed by atoms with Gasteiger partial charge in [-0.25, -0.2) is 0 Å². The summed E-state index contributed by atoms with van der Waals surface area (Å²) in [7, 11) is 0.